The zero-order valence-electron chi connectivity index (χ0n) is 10.8. The van der Waals surface area contributed by atoms with Gasteiger partial charge in [0.2, 0.25) is 0 Å². The lowest BCUT2D eigenvalue weighted by molar-refractivity contribution is 0.574. The molecule has 2 rings (SSSR count). The van der Waals surface area contributed by atoms with Crippen LogP contribution in [0.2, 0.25) is 0 Å². The fourth-order valence-electron chi connectivity index (χ4n) is 1.86. The van der Waals surface area contributed by atoms with Crippen molar-refractivity contribution < 1.29 is 0 Å². The van der Waals surface area contributed by atoms with Crippen LogP contribution in [0.3, 0.4) is 0 Å². The summed E-state index contributed by atoms with van der Waals surface area (Å²) < 4.78 is 0. The van der Waals surface area contributed by atoms with Crippen molar-refractivity contribution in [1.29, 1.82) is 0 Å². The Kier molecular flexibility index (Phi) is 4.84. The van der Waals surface area contributed by atoms with Crippen LogP contribution in [-0.4, -0.2) is 22.8 Å². The summed E-state index contributed by atoms with van der Waals surface area (Å²) in [7, 11) is 0. The van der Waals surface area contributed by atoms with Gasteiger partial charge in [0.1, 0.15) is 0 Å². The average Bonchev–Trinajstić information content (AvgIpc) is 2.92. The summed E-state index contributed by atoms with van der Waals surface area (Å²) in [5.41, 5.74) is 2.50. The van der Waals surface area contributed by atoms with Crippen LogP contribution in [0, 0.1) is 0 Å². The van der Waals surface area contributed by atoms with Crippen molar-refractivity contribution in [2.45, 2.75) is 24.3 Å². The van der Waals surface area contributed by atoms with Gasteiger partial charge in [0.05, 0.1) is 6.33 Å². The summed E-state index contributed by atoms with van der Waals surface area (Å²) in [4.78, 5) is 8.43. The largest absolute Gasteiger partial charge is 0.348 e. The molecule has 1 aromatic heterocycles. The molecule has 2 N–H and O–H groups in total. The first kappa shape index (κ1) is 13.2. The number of hydrogen-bond acceptors (Lipinski definition) is 3. The Balaban J connectivity index is 1.81. The van der Waals surface area contributed by atoms with Crippen LogP contribution in [0.1, 0.15) is 24.2 Å². The Bertz CT molecular complexity index is 450. The summed E-state index contributed by atoms with van der Waals surface area (Å²) in [6.07, 6.45) is 6.67. The van der Waals surface area contributed by atoms with Crippen LogP contribution in [-0.2, 0) is 6.42 Å². The maximum absolute atomic E-state index is 4.01. The third-order valence-electron chi connectivity index (χ3n) is 3.02. The van der Waals surface area contributed by atoms with Crippen molar-refractivity contribution in [3.05, 3.63) is 48.0 Å². The zero-order chi connectivity index (χ0) is 12.8. The van der Waals surface area contributed by atoms with E-state index in [-0.39, 0.29) is 0 Å². The molecule has 0 bridgehead atoms. The lowest BCUT2D eigenvalue weighted by atomic mass is 10.1. The van der Waals surface area contributed by atoms with E-state index < -0.39 is 0 Å². The quantitative estimate of drug-likeness (QED) is 0.785. The van der Waals surface area contributed by atoms with Crippen LogP contribution < -0.4 is 5.32 Å². The minimum atomic E-state index is 0.379. The number of rotatable bonds is 6. The van der Waals surface area contributed by atoms with Crippen molar-refractivity contribution in [3.8, 4) is 0 Å². The minimum absolute atomic E-state index is 0.379. The molecule has 1 atom stereocenters. The molecule has 0 spiro atoms. The third kappa shape index (κ3) is 3.62. The van der Waals surface area contributed by atoms with Crippen LogP contribution >= 0.6 is 11.8 Å². The van der Waals surface area contributed by atoms with E-state index in [4.69, 9.17) is 0 Å². The number of imidazole rings is 1. The van der Waals surface area contributed by atoms with Gasteiger partial charge in [-0.05, 0) is 30.9 Å². The highest BCUT2D eigenvalue weighted by molar-refractivity contribution is 7.98. The number of nitrogens with one attached hydrogen (secondary N) is 2. The smallest absolute Gasteiger partial charge is 0.0921 e. The summed E-state index contributed by atoms with van der Waals surface area (Å²) in [6, 6.07) is 9.11. The Morgan fingerprint density at radius 3 is 2.72 bits per heavy atom. The van der Waals surface area contributed by atoms with Crippen LogP contribution in [0.5, 0.6) is 0 Å². The van der Waals surface area contributed by atoms with Gasteiger partial charge in [-0.3, -0.25) is 0 Å². The van der Waals surface area contributed by atoms with Gasteiger partial charge in [-0.25, -0.2) is 4.98 Å². The molecule has 0 aliphatic carbocycles. The molecule has 1 heterocycles. The van der Waals surface area contributed by atoms with Gasteiger partial charge in [-0.1, -0.05) is 12.1 Å². The standard InChI is InChI=1S/C14H19N3S/c1-11(12-3-5-14(18-2)6-4-12)16-8-7-13-9-15-10-17-13/h3-6,9-11,16H,7-8H2,1-2H3,(H,15,17). The number of aromatic nitrogens is 2. The van der Waals surface area contributed by atoms with Crippen molar-refractivity contribution >= 4 is 11.8 Å². The molecular formula is C14H19N3S. The zero-order valence-corrected chi connectivity index (χ0v) is 11.6. The topological polar surface area (TPSA) is 40.7 Å². The van der Waals surface area contributed by atoms with Gasteiger partial charge in [0.25, 0.3) is 0 Å². The number of nitrogens with zero attached hydrogens (tertiary/aromatic N) is 1. The first-order valence-electron chi connectivity index (χ1n) is 6.14. The van der Waals surface area contributed by atoms with E-state index in [1.165, 1.54) is 16.2 Å². The summed E-state index contributed by atoms with van der Waals surface area (Å²) >= 11 is 1.77. The van der Waals surface area contributed by atoms with Gasteiger partial charge in [-0.2, -0.15) is 0 Å². The normalized spacial score (nSPS) is 12.6. The number of H-pyrrole nitrogens is 1. The fourth-order valence-corrected chi connectivity index (χ4v) is 2.26. The predicted molar refractivity (Wildman–Crippen MR) is 76.9 cm³/mol. The SMILES string of the molecule is CSc1ccc(C(C)NCCc2cnc[nH]2)cc1. The molecule has 4 heteroatoms. The molecule has 2 aromatic rings. The van der Waals surface area contributed by atoms with E-state index >= 15 is 0 Å². The van der Waals surface area contributed by atoms with E-state index in [2.05, 4.69) is 52.7 Å². The Labute approximate surface area is 112 Å². The van der Waals surface area contributed by atoms with Gasteiger partial charge in [-0.15, -0.1) is 11.8 Å². The molecular weight excluding hydrogens is 242 g/mol. The highest BCUT2D eigenvalue weighted by Gasteiger charge is 2.04. The average molecular weight is 261 g/mol. The number of aromatic amines is 1. The van der Waals surface area contributed by atoms with Gasteiger partial charge < -0.3 is 10.3 Å². The van der Waals surface area contributed by atoms with E-state index in [0.29, 0.717) is 6.04 Å². The van der Waals surface area contributed by atoms with Crippen LogP contribution in [0.4, 0.5) is 0 Å². The molecule has 0 fully saturated rings. The molecule has 1 unspecified atom stereocenters. The monoisotopic (exact) mass is 261 g/mol. The third-order valence-corrected chi connectivity index (χ3v) is 3.76. The molecule has 1 aromatic carbocycles. The first-order valence-corrected chi connectivity index (χ1v) is 7.36. The first-order chi connectivity index (χ1) is 8.79. The van der Waals surface area contributed by atoms with Gasteiger partial charge in [0.15, 0.2) is 0 Å². The molecule has 0 amide bonds. The molecule has 0 radical (unpaired) electrons. The summed E-state index contributed by atoms with van der Waals surface area (Å²) in [5.74, 6) is 0. The maximum Gasteiger partial charge on any atom is 0.0921 e. The van der Waals surface area contributed by atoms with Crippen molar-refractivity contribution in [2.75, 3.05) is 12.8 Å². The number of benzene rings is 1. The molecule has 3 nitrogen and oxygen atoms in total. The maximum atomic E-state index is 4.01. The minimum Gasteiger partial charge on any atom is -0.348 e. The van der Waals surface area contributed by atoms with Crippen molar-refractivity contribution in [2.24, 2.45) is 0 Å². The summed E-state index contributed by atoms with van der Waals surface area (Å²) in [5, 5.41) is 3.52. The van der Waals surface area contributed by atoms with Crippen molar-refractivity contribution in [3.63, 3.8) is 0 Å². The Morgan fingerprint density at radius 2 is 2.11 bits per heavy atom. The van der Waals surface area contributed by atoms with E-state index in [0.717, 1.165) is 13.0 Å². The van der Waals surface area contributed by atoms with Crippen molar-refractivity contribution in [1.82, 2.24) is 15.3 Å². The number of hydrogen-bond donors (Lipinski definition) is 2. The molecule has 96 valence electrons. The number of thioether (sulfide) groups is 1. The second-order valence-corrected chi connectivity index (χ2v) is 5.16. The summed E-state index contributed by atoms with van der Waals surface area (Å²) in [6.45, 7) is 3.15. The Morgan fingerprint density at radius 1 is 1.33 bits per heavy atom. The molecule has 0 aliphatic heterocycles. The highest BCUT2D eigenvalue weighted by atomic mass is 32.2. The molecule has 0 saturated carbocycles. The van der Waals surface area contributed by atoms with Gasteiger partial charge in [0, 0.05) is 35.8 Å². The molecule has 0 aliphatic rings. The molecule has 18 heavy (non-hydrogen) atoms. The highest BCUT2D eigenvalue weighted by Crippen LogP contribution is 2.18. The van der Waals surface area contributed by atoms with E-state index in [9.17, 15) is 0 Å². The Hall–Kier alpha value is -1.26. The lowest BCUT2D eigenvalue weighted by Crippen LogP contribution is -2.21. The second kappa shape index (κ2) is 6.61. The second-order valence-electron chi connectivity index (χ2n) is 4.28. The van der Waals surface area contributed by atoms with E-state index in [1.807, 2.05) is 6.20 Å². The van der Waals surface area contributed by atoms with Gasteiger partial charge >= 0.3 is 0 Å². The molecule has 0 saturated heterocycles. The lowest BCUT2D eigenvalue weighted by Gasteiger charge is -2.14. The fraction of sp³-hybridized carbons (Fsp3) is 0.357. The predicted octanol–water partition coefficient (Wildman–Crippen LogP) is 3.02. The van der Waals surface area contributed by atoms with Crippen LogP contribution in [0.25, 0.3) is 0 Å². The van der Waals surface area contributed by atoms with E-state index in [1.54, 1.807) is 18.1 Å². The van der Waals surface area contributed by atoms with Crippen LogP contribution in [0.15, 0.2) is 41.7 Å².